The van der Waals surface area contributed by atoms with Crippen molar-refractivity contribution in [1.82, 2.24) is 0 Å². The van der Waals surface area contributed by atoms with Crippen LogP contribution in [0.2, 0.25) is 0 Å². The van der Waals surface area contributed by atoms with Crippen LogP contribution in [0.25, 0.3) is 0 Å². The SMILES string of the molecule is [CH2]C(C)CCC[C](C)CC. The molecule has 0 rings (SSSR count). The number of hydrogen-bond donors (Lipinski definition) is 0. The molecule has 0 nitrogen and oxygen atoms in total. The minimum atomic E-state index is 0.629. The van der Waals surface area contributed by atoms with Gasteiger partial charge in [0, 0.05) is 0 Å². The molecule has 0 aliphatic carbocycles. The zero-order valence-electron chi connectivity index (χ0n) is 7.61. The lowest BCUT2D eigenvalue weighted by atomic mass is 9.98. The highest BCUT2D eigenvalue weighted by Gasteiger charge is 1.99. The monoisotopic (exact) mass is 140 g/mol. The van der Waals surface area contributed by atoms with Crippen LogP contribution in [-0.2, 0) is 0 Å². The summed E-state index contributed by atoms with van der Waals surface area (Å²) in [6.07, 6.45) is 5.14. The Morgan fingerprint density at radius 3 is 2.50 bits per heavy atom. The normalized spacial score (nSPS) is 11.4. The maximum atomic E-state index is 3.95. The van der Waals surface area contributed by atoms with Crippen LogP contribution in [0.1, 0.15) is 46.5 Å². The van der Waals surface area contributed by atoms with Gasteiger partial charge in [-0.15, -0.1) is 0 Å². The molecule has 0 aromatic rings. The van der Waals surface area contributed by atoms with Gasteiger partial charge in [-0.1, -0.05) is 47.0 Å². The molecular formula is C10H20. The Balaban J connectivity index is 3.03. The third-order valence-corrected chi connectivity index (χ3v) is 1.90. The van der Waals surface area contributed by atoms with E-state index in [9.17, 15) is 0 Å². The highest BCUT2D eigenvalue weighted by molar-refractivity contribution is 4.81. The predicted octanol–water partition coefficient (Wildman–Crippen LogP) is 3.63. The lowest BCUT2D eigenvalue weighted by molar-refractivity contribution is 0.575. The Labute approximate surface area is 66.0 Å². The van der Waals surface area contributed by atoms with Gasteiger partial charge in [0.2, 0.25) is 0 Å². The van der Waals surface area contributed by atoms with Crippen molar-refractivity contribution in [2.24, 2.45) is 5.92 Å². The van der Waals surface area contributed by atoms with Gasteiger partial charge in [0.1, 0.15) is 0 Å². The molecule has 10 heavy (non-hydrogen) atoms. The van der Waals surface area contributed by atoms with Crippen LogP contribution in [0.4, 0.5) is 0 Å². The fourth-order valence-corrected chi connectivity index (χ4v) is 0.929. The predicted molar refractivity (Wildman–Crippen MR) is 47.6 cm³/mol. The summed E-state index contributed by atoms with van der Waals surface area (Å²) in [5, 5.41) is 0. The molecule has 0 heteroatoms. The van der Waals surface area contributed by atoms with Gasteiger partial charge in [-0.05, 0) is 18.3 Å². The topological polar surface area (TPSA) is 0 Å². The zero-order valence-corrected chi connectivity index (χ0v) is 7.61. The Hall–Kier alpha value is 0. The summed E-state index contributed by atoms with van der Waals surface area (Å²) in [4.78, 5) is 0. The molecule has 1 atom stereocenters. The van der Waals surface area contributed by atoms with Gasteiger partial charge in [-0.3, -0.25) is 0 Å². The summed E-state index contributed by atoms with van der Waals surface area (Å²) in [6, 6.07) is 0. The van der Waals surface area contributed by atoms with Gasteiger partial charge in [0.05, 0.1) is 0 Å². The summed E-state index contributed by atoms with van der Waals surface area (Å²) in [5.41, 5.74) is 0. The standard InChI is InChI=1S/C10H20/c1-5-10(4)8-6-7-9(2)3/h9H,2,5-8H2,1,3-4H3. The number of hydrogen-bond acceptors (Lipinski definition) is 0. The second kappa shape index (κ2) is 5.76. The van der Waals surface area contributed by atoms with Gasteiger partial charge in [0.25, 0.3) is 0 Å². The molecule has 0 saturated carbocycles. The third-order valence-electron chi connectivity index (χ3n) is 1.90. The molecule has 0 fully saturated rings. The first-order valence-electron chi connectivity index (χ1n) is 4.31. The smallest absolute Gasteiger partial charge is 0.0275 e. The summed E-state index contributed by atoms with van der Waals surface area (Å²) in [5.74, 6) is 2.25. The maximum absolute atomic E-state index is 3.95. The van der Waals surface area contributed by atoms with Crippen molar-refractivity contribution in [3.05, 3.63) is 12.8 Å². The molecule has 0 aromatic carbocycles. The summed E-state index contributed by atoms with van der Waals surface area (Å²) in [6.45, 7) is 10.6. The van der Waals surface area contributed by atoms with E-state index in [1.807, 2.05) is 0 Å². The van der Waals surface area contributed by atoms with Crippen LogP contribution >= 0.6 is 0 Å². The Morgan fingerprint density at radius 2 is 2.10 bits per heavy atom. The Morgan fingerprint density at radius 1 is 1.50 bits per heavy atom. The summed E-state index contributed by atoms with van der Waals surface area (Å²) < 4.78 is 0. The van der Waals surface area contributed by atoms with Gasteiger partial charge >= 0.3 is 0 Å². The van der Waals surface area contributed by atoms with Crippen LogP contribution in [0, 0.1) is 18.8 Å². The highest BCUT2D eigenvalue weighted by atomic mass is 14.0. The van der Waals surface area contributed by atoms with Crippen molar-refractivity contribution in [3.8, 4) is 0 Å². The Kier molecular flexibility index (Phi) is 5.76. The molecule has 1 unspecified atom stereocenters. The van der Waals surface area contributed by atoms with E-state index in [-0.39, 0.29) is 0 Å². The van der Waals surface area contributed by atoms with Crippen molar-refractivity contribution in [2.45, 2.75) is 46.5 Å². The first-order chi connectivity index (χ1) is 4.66. The van der Waals surface area contributed by atoms with Crippen LogP contribution < -0.4 is 0 Å². The van der Waals surface area contributed by atoms with Gasteiger partial charge in [0.15, 0.2) is 0 Å². The lowest BCUT2D eigenvalue weighted by Gasteiger charge is -2.08. The molecule has 0 spiro atoms. The molecule has 0 aliphatic rings. The van der Waals surface area contributed by atoms with Gasteiger partial charge < -0.3 is 0 Å². The first-order valence-corrected chi connectivity index (χ1v) is 4.31. The summed E-state index contributed by atoms with van der Waals surface area (Å²) in [7, 11) is 0. The van der Waals surface area contributed by atoms with Crippen LogP contribution in [0.3, 0.4) is 0 Å². The first kappa shape index (κ1) is 10.0. The molecule has 0 amide bonds. The number of rotatable bonds is 5. The van der Waals surface area contributed by atoms with Gasteiger partial charge in [-0.2, -0.15) is 0 Å². The Bertz CT molecular complexity index is 64.4. The fraction of sp³-hybridized carbons (Fsp3) is 0.800. The van der Waals surface area contributed by atoms with Crippen LogP contribution in [-0.4, -0.2) is 0 Å². The van der Waals surface area contributed by atoms with E-state index in [2.05, 4.69) is 27.7 Å². The average molecular weight is 140 g/mol. The minimum absolute atomic E-state index is 0.629. The van der Waals surface area contributed by atoms with Crippen molar-refractivity contribution in [2.75, 3.05) is 0 Å². The zero-order chi connectivity index (χ0) is 7.98. The van der Waals surface area contributed by atoms with E-state index in [1.54, 1.807) is 5.92 Å². The van der Waals surface area contributed by atoms with E-state index in [4.69, 9.17) is 0 Å². The fourth-order valence-electron chi connectivity index (χ4n) is 0.929. The molecule has 0 aliphatic heterocycles. The molecule has 0 aromatic heterocycles. The molecule has 60 valence electrons. The molecule has 0 heterocycles. The highest BCUT2D eigenvalue weighted by Crippen LogP contribution is 2.15. The molecular weight excluding hydrogens is 120 g/mol. The summed E-state index contributed by atoms with van der Waals surface area (Å²) >= 11 is 0. The molecule has 0 N–H and O–H groups in total. The molecule has 0 bridgehead atoms. The van der Waals surface area contributed by atoms with E-state index >= 15 is 0 Å². The second-order valence-corrected chi connectivity index (χ2v) is 3.31. The van der Waals surface area contributed by atoms with Crippen LogP contribution in [0.5, 0.6) is 0 Å². The average Bonchev–Trinajstić information content (AvgIpc) is 1.87. The third kappa shape index (κ3) is 6.12. The van der Waals surface area contributed by atoms with Gasteiger partial charge in [-0.25, -0.2) is 0 Å². The maximum Gasteiger partial charge on any atom is -0.0275 e. The largest absolute Gasteiger partial charge is 0.0648 e. The van der Waals surface area contributed by atoms with Crippen molar-refractivity contribution in [3.63, 3.8) is 0 Å². The van der Waals surface area contributed by atoms with Crippen LogP contribution in [0.15, 0.2) is 0 Å². The van der Waals surface area contributed by atoms with Crippen molar-refractivity contribution >= 4 is 0 Å². The lowest BCUT2D eigenvalue weighted by Crippen LogP contribution is -1.92. The van der Waals surface area contributed by atoms with E-state index in [1.165, 1.54) is 25.7 Å². The minimum Gasteiger partial charge on any atom is -0.0648 e. The van der Waals surface area contributed by atoms with E-state index < -0.39 is 0 Å². The van der Waals surface area contributed by atoms with Crippen molar-refractivity contribution < 1.29 is 0 Å². The quantitative estimate of drug-likeness (QED) is 0.547. The second-order valence-electron chi connectivity index (χ2n) is 3.31. The van der Waals surface area contributed by atoms with E-state index in [0.29, 0.717) is 5.92 Å². The van der Waals surface area contributed by atoms with E-state index in [0.717, 1.165) is 0 Å². The molecule has 0 saturated heterocycles. The molecule has 2 radical (unpaired) electrons. The van der Waals surface area contributed by atoms with Crippen molar-refractivity contribution in [1.29, 1.82) is 0 Å².